The normalized spacial score (nSPS) is 11.3. The van der Waals surface area contributed by atoms with Crippen LogP contribution in [-0.2, 0) is 0 Å². The van der Waals surface area contributed by atoms with Crippen LogP contribution in [0.15, 0.2) is 140 Å². The number of thiophene rings is 1. The minimum atomic E-state index is 1.14. The van der Waals surface area contributed by atoms with Crippen molar-refractivity contribution >= 4 is 59.3 Å². The Bertz CT molecular complexity index is 1780. The molecule has 0 amide bonds. The van der Waals surface area contributed by atoms with Crippen molar-refractivity contribution in [2.24, 2.45) is 0 Å². The highest BCUT2D eigenvalue weighted by Gasteiger charge is 2.13. The van der Waals surface area contributed by atoms with E-state index in [-0.39, 0.29) is 0 Å². The summed E-state index contributed by atoms with van der Waals surface area (Å²) in [5.41, 5.74) is 5.93. The van der Waals surface area contributed by atoms with Gasteiger partial charge in [-0.15, -0.1) is 11.3 Å². The van der Waals surface area contributed by atoms with Crippen LogP contribution in [0.5, 0.6) is 0 Å². The van der Waals surface area contributed by atoms with E-state index < -0.39 is 0 Å². The number of anilines is 3. The van der Waals surface area contributed by atoms with Gasteiger partial charge in [-0.1, -0.05) is 84.9 Å². The van der Waals surface area contributed by atoms with Crippen molar-refractivity contribution in [3.05, 3.63) is 140 Å². The first-order chi connectivity index (χ1) is 17.8. The van der Waals surface area contributed by atoms with E-state index in [2.05, 4.69) is 144 Å². The molecule has 7 aromatic rings. The third-order valence-corrected chi connectivity index (χ3v) is 7.98. The van der Waals surface area contributed by atoms with Crippen molar-refractivity contribution in [2.45, 2.75) is 0 Å². The molecule has 36 heavy (non-hydrogen) atoms. The average Bonchev–Trinajstić information content (AvgIpc) is 3.31. The fraction of sp³-hybridized carbons (Fsp3) is 0. The standard InChI is InChI=1S/C34H23NS/c1-3-11-26(12-4-1)35(27-13-5-2-6-14-27)28-20-18-24(19-21-28)29-16-9-10-25-22-32-30-15-7-8-17-33(30)36-34(32)23-31(25)29/h1-23H. The fourth-order valence-electron chi connectivity index (χ4n) is 5.14. The maximum Gasteiger partial charge on any atom is 0.0462 e. The van der Waals surface area contributed by atoms with Gasteiger partial charge in [-0.05, 0) is 76.5 Å². The van der Waals surface area contributed by atoms with Gasteiger partial charge in [0, 0.05) is 37.2 Å². The maximum atomic E-state index is 2.37. The Morgan fingerprint density at radius 2 is 1.06 bits per heavy atom. The van der Waals surface area contributed by atoms with E-state index in [9.17, 15) is 0 Å². The molecule has 0 N–H and O–H groups in total. The quantitative estimate of drug-likeness (QED) is 0.244. The highest BCUT2D eigenvalue weighted by atomic mass is 32.1. The van der Waals surface area contributed by atoms with Crippen LogP contribution in [-0.4, -0.2) is 0 Å². The van der Waals surface area contributed by atoms with Gasteiger partial charge in [0.15, 0.2) is 0 Å². The molecular weight excluding hydrogens is 454 g/mol. The Balaban J connectivity index is 1.34. The van der Waals surface area contributed by atoms with Crippen LogP contribution in [0.2, 0.25) is 0 Å². The molecule has 1 aromatic heterocycles. The number of para-hydroxylation sites is 2. The second kappa shape index (κ2) is 8.67. The Kier molecular flexibility index (Phi) is 5.04. The van der Waals surface area contributed by atoms with Crippen LogP contribution in [0.3, 0.4) is 0 Å². The summed E-state index contributed by atoms with van der Waals surface area (Å²) in [4.78, 5) is 2.30. The minimum Gasteiger partial charge on any atom is -0.311 e. The molecule has 7 rings (SSSR count). The maximum absolute atomic E-state index is 2.37. The van der Waals surface area contributed by atoms with Crippen LogP contribution >= 0.6 is 11.3 Å². The van der Waals surface area contributed by atoms with Crippen LogP contribution in [0.4, 0.5) is 17.1 Å². The molecule has 0 spiro atoms. The molecule has 0 aliphatic heterocycles. The van der Waals surface area contributed by atoms with Crippen LogP contribution < -0.4 is 4.90 Å². The topological polar surface area (TPSA) is 3.24 Å². The first-order valence-corrected chi connectivity index (χ1v) is 13.0. The average molecular weight is 478 g/mol. The summed E-state index contributed by atoms with van der Waals surface area (Å²) in [7, 11) is 0. The molecule has 0 aliphatic carbocycles. The molecule has 1 heterocycles. The SMILES string of the molecule is c1ccc(N(c2ccccc2)c2ccc(-c3cccc4cc5c(cc34)sc3ccccc35)cc2)cc1. The highest BCUT2D eigenvalue weighted by Crippen LogP contribution is 2.40. The number of fused-ring (bicyclic) bond motifs is 4. The van der Waals surface area contributed by atoms with Crippen molar-refractivity contribution in [1.82, 2.24) is 0 Å². The summed E-state index contributed by atoms with van der Waals surface area (Å²) >= 11 is 1.88. The number of rotatable bonds is 4. The Labute approximate surface area is 214 Å². The monoisotopic (exact) mass is 477 g/mol. The molecule has 0 saturated heterocycles. The highest BCUT2D eigenvalue weighted by molar-refractivity contribution is 7.25. The zero-order valence-electron chi connectivity index (χ0n) is 19.6. The molecular formula is C34H23NS. The number of nitrogens with zero attached hydrogens (tertiary/aromatic N) is 1. The molecule has 2 heteroatoms. The lowest BCUT2D eigenvalue weighted by Gasteiger charge is -2.25. The lowest BCUT2D eigenvalue weighted by molar-refractivity contribution is 1.28. The molecule has 0 unspecified atom stereocenters. The first-order valence-electron chi connectivity index (χ1n) is 12.2. The minimum absolute atomic E-state index is 1.14. The summed E-state index contributed by atoms with van der Waals surface area (Å²) in [6.45, 7) is 0. The Hall–Kier alpha value is -4.40. The molecule has 170 valence electrons. The van der Waals surface area contributed by atoms with E-state index in [4.69, 9.17) is 0 Å². The van der Waals surface area contributed by atoms with E-state index in [0.717, 1.165) is 17.1 Å². The van der Waals surface area contributed by atoms with Gasteiger partial charge in [-0.3, -0.25) is 0 Å². The van der Waals surface area contributed by atoms with Crippen molar-refractivity contribution in [3.8, 4) is 11.1 Å². The molecule has 0 aliphatic rings. The van der Waals surface area contributed by atoms with Crippen LogP contribution in [0.1, 0.15) is 0 Å². The van der Waals surface area contributed by atoms with Crippen molar-refractivity contribution < 1.29 is 0 Å². The third kappa shape index (κ3) is 3.55. The molecule has 0 saturated carbocycles. The third-order valence-electron chi connectivity index (χ3n) is 6.84. The summed E-state index contributed by atoms with van der Waals surface area (Å²) in [5.74, 6) is 0. The fourth-order valence-corrected chi connectivity index (χ4v) is 6.27. The van der Waals surface area contributed by atoms with Gasteiger partial charge in [0.25, 0.3) is 0 Å². The molecule has 0 atom stereocenters. The smallest absolute Gasteiger partial charge is 0.0462 e. The zero-order chi connectivity index (χ0) is 23.9. The second-order valence-electron chi connectivity index (χ2n) is 9.03. The zero-order valence-corrected chi connectivity index (χ0v) is 20.5. The van der Waals surface area contributed by atoms with Gasteiger partial charge in [-0.25, -0.2) is 0 Å². The van der Waals surface area contributed by atoms with E-state index >= 15 is 0 Å². The van der Waals surface area contributed by atoms with E-state index in [1.54, 1.807) is 0 Å². The van der Waals surface area contributed by atoms with Crippen LogP contribution in [0, 0.1) is 0 Å². The van der Waals surface area contributed by atoms with Gasteiger partial charge in [-0.2, -0.15) is 0 Å². The summed E-state index contributed by atoms with van der Waals surface area (Å²) in [5, 5.41) is 5.27. The van der Waals surface area contributed by atoms with Gasteiger partial charge in [0.2, 0.25) is 0 Å². The largest absolute Gasteiger partial charge is 0.311 e. The van der Waals surface area contributed by atoms with E-state index in [1.807, 2.05) is 11.3 Å². The van der Waals surface area contributed by atoms with Gasteiger partial charge < -0.3 is 4.90 Å². The second-order valence-corrected chi connectivity index (χ2v) is 10.1. The Morgan fingerprint density at radius 1 is 0.417 bits per heavy atom. The van der Waals surface area contributed by atoms with Gasteiger partial charge in [0.05, 0.1) is 0 Å². The number of hydrogen-bond acceptors (Lipinski definition) is 2. The van der Waals surface area contributed by atoms with E-state index in [0.29, 0.717) is 0 Å². The predicted molar refractivity (Wildman–Crippen MR) is 157 cm³/mol. The molecule has 0 bridgehead atoms. The number of benzene rings is 6. The lowest BCUT2D eigenvalue weighted by atomic mass is 9.96. The van der Waals surface area contributed by atoms with Crippen molar-refractivity contribution in [3.63, 3.8) is 0 Å². The van der Waals surface area contributed by atoms with E-state index in [1.165, 1.54) is 42.1 Å². The Morgan fingerprint density at radius 3 is 1.78 bits per heavy atom. The lowest BCUT2D eigenvalue weighted by Crippen LogP contribution is -2.09. The number of hydrogen-bond donors (Lipinski definition) is 0. The molecule has 0 fully saturated rings. The van der Waals surface area contributed by atoms with Crippen molar-refractivity contribution in [2.75, 3.05) is 4.90 Å². The summed E-state index contributed by atoms with van der Waals surface area (Å²) in [6.07, 6.45) is 0. The molecule has 1 nitrogen and oxygen atoms in total. The summed E-state index contributed by atoms with van der Waals surface area (Å²) in [6, 6.07) is 50.1. The molecule has 6 aromatic carbocycles. The molecule has 0 radical (unpaired) electrons. The first kappa shape index (κ1) is 20.9. The summed E-state index contributed by atoms with van der Waals surface area (Å²) < 4.78 is 2.68. The van der Waals surface area contributed by atoms with Gasteiger partial charge >= 0.3 is 0 Å². The predicted octanol–water partition coefficient (Wildman–Crippen LogP) is 10.3. The van der Waals surface area contributed by atoms with Gasteiger partial charge in [0.1, 0.15) is 0 Å². The van der Waals surface area contributed by atoms with Crippen molar-refractivity contribution in [1.29, 1.82) is 0 Å². The van der Waals surface area contributed by atoms with Crippen LogP contribution in [0.25, 0.3) is 42.1 Å².